The van der Waals surface area contributed by atoms with Crippen molar-refractivity contribution >= 4 is 5.97 Å². The lowest BCUT2D eigenvalue weighted by molar-refractivity contribution is -0.276. The second-order valence-electron chi connectivity index (χ2n) is 3.64. The van der Waals surface area contributed by atoms with E-state index in [2.05, 4.69) is 14.5 Å². The summed E-state index contributed by atoms with van der Waals surface area (Å²) in [5, 5.41) is 0. The fourth-order valence-electron chi connectivity index (χ4n) is 1.52. The van der Waals surface area contributed by atoms with Gasteiger partial charge in [-0.3, -0.25) is 0 Å². The third kappa shape index (κ3) is 4.52. The largest absolute Gasteiger partial charge is 0.574 e. The number of hydrogen-bond donors (Lipinski definition) is 1. The number of halogens is 5. The van der Waals surface area contributed by atoms with E-state index in [1.807, 2.05) is 0 Å². The smallest absolute Gasteiger partial charge is 0.462 e. The first kappa shape index (κ1) is 17.1. The predicted molar refractivity (Wildman–Crippen MR) is 59.7 cm³/mol. The van der Waals surface area contributed by atoms with E-state index in [9.17, 15) is 26.7 Å². The Balaban J connectivity index is 3.39. The number of carbonyl (C=O) groups is 1. The fraction of sp³-hybridized carbons (Fsp3) is 0.455. The summed E-state index contributed by atoms with van der Waals surface area (Å²) in [4.78, 5) is 15.0. The Bertz CT molecular complexity index is 519. The molecule has 0 aliphatic rings. The third-order valence-electron chi connectivity index (χ3n) is 2.23. The van der Waals surface area contributed by atoms with E-state index in [4.69, 9.17) is 5.73 Å². The van der Waals surface area contributed by atoms with Crippen LogP contribution in [-0.2, 0) is 11.3 Å². The molecule has 0 atom stereocenters. The maximum Gasteiger partial charge on any atom is 0.574 e. The zero-order chi connectivity index (χ0) is 16.2. The minimum Gasteiger partial charge on any atom is -0.462 e. The van der Waals surface area contributed by atoms with Crippen molar-refractivity contribution in [2.24, 2.45) is 5.73 Å². The molecule has 0 saturated heterocycles. The monoisotopic (exact) mass is 314 g/mol. The molecule has 0 bridgehead atoms. The number of esters is 1. The maximum atomic E-state index is 12.9. The number of hydrogen-bond acceptors (Lipinski definition) is 5. The quantitative estimate of drug-likeness (QED) is 0.668. The van der Waals surface area contributed by atoms with Gasteiger partial charge in [0, 0.05) is 18.2 Å². The van der Waals surface area contributed by atoms with Crippen LogP contribution in [0, 0.1) is 0 Å². The molecule has 21 heavy (non-hydrogen) atoms. The molecule has 1 aromatic heterocycles. The van der Waals surface area contributed by atoms with Crippen LogP contribution in [0.1, 0.15) is 35.0 Å². The van der Waals surface area contributed by atoms with Gasteiger partial charge in [0.15, 0.2) is 0 Å². The van der Waals surface area contributed by atoms with Crippen LogP contribution in [0.5, 0.6) is 5.88 Å². The lowest BCUT2D eigenvalue weighted by Gasteiger charge is -2.15. The molecule has 0 spiro atoms. The minimum atomic E-state index is -5.11. The fourth-order valence-corrected chi connectivity index (χ4v) is 1.52. The summed E-state index contributed by atoms with van der Waals surface area (Å²) in [5.74, 6) is -2.26. The van der Waals surface area contributed by atoms with Gasteiger partial charge in [-0.15, -0.1) is 13.2 Å². The van der Waals surface area contributed by atoms with Crippen LogP contribution in [0.4, 0.5) is 22.0 Å². The molecule has 10 heteroatoms. The summed E-state index contributed by atoms with van der Waals surface area (Å²) < 4.78 is 70.3. The number of aromatic nitrogens is 1. The van der Waals surface area contributed by atoms with Crippen LogP contribution in [0.2, 0.25) is 0 Å². The molecule has 2 N–H and O–H groups in total. The average molecular weight is 314 g/mol. The first-order valence-electron chi connectivity index (χ1n) is 5.64. The highest BCUT2D eigenvalue weighted by Crippen LogP contribution is 2.31. The van der Waals surface area contributed by atoms with Gasteiger partial charge >= 0.3 is 12.3 Å². The highest BCUT2D eigenvalue weighted by Gasteiger charge is 2.34. The molecule has 0 saturated carbocycles. The van der Waals surface area contributed by atoms with Crippen LogP contribution < -0.4 is 10.5 Å². The van der Waals surface area contributed by atoms with Gasteiger partial charge in [0.05, 0.1) is 17.9 Å². The minimum absolute atomic E-state index is 0.105. The van der Waals surface area contributed by atoms with Crippen molar-refractivity contribution in [3.8, 4) is 5.88 Å². The molecule has 5 nitrogen and oxygen atoms in total. The molecule has 0 unspecified atom stereocenters. The van der Waals surface area contributed by atoms with Crippen LogP contribution in [0.3, 0.4) is 0 Å². The van der Waals surface area contributed by atoms with E-state index in [-0.39, 0.29) is 6.61 Å². The lowest BCUT2D eigenvalue weighted by atomic mass is 10.1. The molecule has 1 heterocycles. The molecule has 0 aromatic carbocycles. The van der Waals surface area contributed by atoms with Gasteiger partial charge in [-0.25, -0.2) is 18.6 Å². The van der Waals surface area contributed by atoms with Gasteiger partial charge in [0.2, 0.25) is 5.88 Å². The summed E-state index contributed by atoms with van der Waals surface area (Å²) in [5.41, 5.74) is 3.13. The van der Waals surface area contributed by atoms with Crippen molar-refractivity contribution in [3.63, 3.8) is 0 Å². The Kier molecular flexibility index (Phi) is 5.41. The van der Waals surface area contributed by atoms with E-state index in [0.29, 0.717) is 6.07 Å². The number of carbonyl (C=O) groups excluding carboxylic acids is 1. The third-order valence-corrected chi connectivity index (χ3v) is 2.23. The number of nitrogens with zero attached hydrogens (tertiary/aromatic N) is 1. The zero-order valence-corrected chi connectivity index (χ0v) is 10.7. The van der Waals surface area contributed by atoms with Crippen molar-refractivity contribution in [1.82, 2.24) is 4.98 Å². The molecule has 0 fully saturated rings. The van der Waals surface area contributed by atoms with Crippen molar-refractivity contribution < 1.29 is 36.2 Å². The number of alkyl halides is 5. The SMILES string of the molecule is CCOC(=O)c1c(C(F)F)cc(OC(F)(F)F)nc1CN. The molecule has 1 aromatic rings. The van der Waals surface area contributed by atoms with Crippen LogP contribution in [0.15, 0.2) is 6.07 Å². The molecule has 0 amide bonds. The average Bonchev–Trinajstić information content (AvgIpc) is 2.35. The van der Waals surface area contributed by atoms with Crippen LogP contribution in [-0.4, -0.2) is 23.9 Å². The first-order chi connectivity index (χ1) is 9.69. The summed E-state index contributed by atoms with van der Waals surface area (Å²) in [6.45, 7) is 0.797. The van der Waals surface area contributed by atoms with E-state index in [0.717, 1.165) is 0 Å². The van der Waals surface area contributed by atoms with Gasteiger partial charge in [-0.1, -0.05) is 0 Å². The van der Waals surface area contributed by atoms with Gasteiger partial charge < -0.3 is 15.2 Å². The number of rotatable bonds is 5. The number of ether oxygens (including phenoxy) is 2. The maximum absolute atomic E-state index is 12.9. The summed E-state index contributed by atoms with van der Waals surface area (Å²) in [7, 11) is 0. The van der Waals surface area contributed by atoms with Gasteiger partial charge in [-0.2, -0.15) is 0 Å². The highest BCUT2D eigenvalue weighted by molar-refractivity contribution is 5.92. The summed E-state index contributed by atoms with van der Waals surface area (Å²) >= 11 is 0. The second kappa shape index (κ2) is 6.66. The predicted octanol–water partition coefficient (Wildman–Crippen LogP) is 2.55. The molecule has 0 aliphatic carbocycles. The molecule has 0 radical (unpaired) electrons. The number of nitrogens with two attached hydrogens (primary N) is 1. The summed E-state index contributed by atoms with van der Waals surface area (Å²) in [6, 6.07) is 0.337. The normalized spacial score (nSPS) is 11.6. The Morgan fingerprint density at radius 3 is 2.48 bits per heavy atom. The Morgan fingerprint density at radius 1 is 1.43 bits per heavy atom. The van der Waals surface area contributed by atoms with E-state index < -0.39 is 48.0 Å². The van der Waals surface area contributed by atoms with Crippen molar-refractivity contribution in [2.45, 2.75) is 26.3 Å². The van der Waals surface area contributed by atoms with Crippen LogP contribution in [0.25, 0.3) is 0 Å². The number of pyridine rings is 1. The molecule has 1 rings (SSSR count). The topological polar surface area (TPSA) is 74.4 Å². The van der Waals surface area contributed by atoms with E-state index in [1.165, 1.54) is 6.92 Å². The zero-order valence-electron chi connectivity index (χ0n) is 10.7. The van der Waals surface area contributed by atoms with Gasteiger partial charge in [-0.05, 0) is 6.92 Å². The molecular weight excluding hydrogens is 303 g/mol. The first-order valence-corrected chi connectivity index (χ1v) is 5.64. The van der Waals surface area contributed by atoms with Crippen molar-refractivity contribution in [3.05, 3.63) is 22.9 Å². The van der Waals surface area contributed by atoms with E-state index in [1.54, 1.807) is 0 Å². The van der Waals surface area contributed by atoms with Crippen molar-refractivity contribution in [1.29, 1.82) is 0 Å². The molecular formula is C11H11F5N2O3. The van der Waals surface area contributed by atoms with Crippen LogP contribution >= 0.6 is 0 Å². The summed E-state index contributed by atoms with van der Waals surface area (Å²) in [6.07, 6.45) is -8.34. The van der Waals surface area contributed by atoms with E-state index >= 15 is 0 Å². The molecule has 118 valence electrons. The standard InChI is InChI=1S/C11H11F5N2O3/c1-2-20-10(19)8-5(9(12)13)3-7(18-6(8)4-17)21-11(14,15)16/h3,9H,2,4,17H2,1H3. The lowest BCUT2D eigenvalue weighted by Crippen LogP contribution is -2.21. The Morgan fingerprint density at radius 2 is 2.05 bits per heavy atom. The second-order valence-corrected chi connectivity index (χ2v) is 3.64. The highest BCUT2D eigenvalue weighted by atomic mass is 19.4. The Labute approximate surface area is 115 Å². The molecule has 0 aliphatic heterocycles. The van der Waals surface area contributed by atoms with Gasteiger partial charge in [0.1, 0.15) is 0 Å². The van der Waals surface area contributed by atoms with Crippen molar-refractivity contribution in [2.75, 3.05) is 6.61 Å². The Hall–Kier alpha value is -1.97. The van der Waals surface area contributed by atoms with Gasteiger partial charge in [0.25, 0.3) is 6.43 Å².